The molecule has 0 spiro atoms. The summed E-state index contributed by atoms with van der Waals surface area (Å²) < 4.78 is 5.45. The number of benzene rings is 2. The van der Waals surface area contributed by atoms with E-state index >= 15 is 0 Å². The van der Waals surface area contributed by atoms with Crippen LogP contribution in [0.4, 0.5) is 5.69 Å². The van der Waals surface area contributed by atoms with E-state index in [2.05, 4.69) is 31.4 Å². The highest BCUT2D eigenvalue weighted by Gasteiger charge is 2.24. The molecule has 0 saturated carbocycles. The minimum atomic E-state index is -0.736. The number of carbonyl (C=O) groups is 2. The summed E-state index contributed by atoms with van der Waals surface area (Å²) in [7, 11) is 1.57. The Hall–Kier alpha value is -3.12. The van der Waals surface area contributed by atoms with Gasteiger partial charge in [0.25, 0.3) is 5.91 Å². The Morgan fingerprint density at radius 2 is 1.77 bits per heavy atom. The Morgan fingerprint density at radius 1 is 1.03 bits per heavy atom. The summed E-state index contributed by atoms with van der Waals surface area (Å²) in [6.07, 6.45) is 0.380. The van der Waals surface area contributed by atoms with Crippen molar-refractivity contribution >= 4 is 28.8 Å². The molecule has 2 aromatic carbocycles. The summed E-state index contributed by atoms with van der Waals surface area (Å²) >= 11 is 1.34. The fraction of sp³-hybridized carbons (Fsp3) is 0.280. The number of rotatable bonds is 7. The lowest BCUT2D eigenvalue weighted by molar-refractivity contribution is -0.118. The van der Waals surface area contributed by atoms with E-state index in [4.69, 9.17) is 4.74 Å². The zero-order chi connectivity index (χ0) is 22.4. The van der Waals surface area contributed by atoms with Crippen LogP contribution in [0.2, 0.25) is 0 Å². The molecule has 0 saturated heterocycles. The first-order valence-corrected chi connectivity index (χ1v) is 11.0. The molecular formula is C25H28N2O3S. The van der Waals surface area contributed by atoms with Gasteiger partial charge in [-0.3, -0.25) is 9.59 Å². The van der Waals surface area contributed by atoms with Crippen LogP contribution in [-0.2, 0) is 16.6 Å². The fourth-order valence-corrected chi connectivity index (χ4v) is 3.82. The zero-order valence-corrected chi connectivity index (χ0v) is 19.1. The SMILES string of the molecule is COc1ccc(C(C)(C)C)cc1NC(=O)[C@@H](Cc1ccccc1)NC(=O)c1cccs1. The largest absolute Gasteiger partial charge is 0.495 e. The van der Waals surface area contributed by atoms with Gasteiger partial charge in [-0.2, -0.15) is 0 Å². The van der Waals surface area contributed by atoms with Crippen LogP contribution in [0, 0.1) is 0 Å². The minimum absolute atomic E-state index is 0.0808. The van der Waals surface area contributed by atoms with Crippen molar-refractivity contribution in [3.8, 4) is 5.75 Å². The number of carbonyl (C=O) groups excluding carboxylic acids is 2. The van der Waals surface area contributed by atoms with Crippen LogP contribution in [0.15, 0.2) is 66.0 Å². The van der Waals surface area contributed by atoms with Gasteiger partial charge >= 0.3 is 0 Å². The monoisotopic (exact) mass is 436 g/mol. The molecule has 0 unspecified atom stereocenters. The van der Waals surface area contributed by atoms with Gasteiger partial charge in [-0.1, -0.05) is 63.2 Å². The molecule has 0 radical (unpaired) electrons. The predicted molar refractivity (Wildman–Crippen MR) is 126 cm³/mol. The van der Waals surface area contributed by atoms with Crippen LogP contribution in [-0.4, -0.2) is 25.0 Å². The predicted octanol–water partition coefficient (Wildman–Crippen LogP) is 5.03. The van der Waals surface area contributed by atoms with Crippen LogP contribution < -0.4 is 15.4 Å². The van der Waals surface area contributed by atoms with Gasteiger partial charge in [0.15, 0.2) is 0 Å². The third-order valence-corrected chi connectivity index (χ3v) is 5.84. The summed E-state index contributed by atoms with van der Waals surface area (Å²) in [5.41, 5.74) is 2.54. The van der Waals surface area contributed by atoms with Crippen LogP contribution >= 0.6 is 11.3 Å². The normalized spacial score (nSPS) is 12.1. The molecule has 3 aromatic rings. The molecule has 2 N–H and O–H groups in total. The average Bonchev–Trinajstić information content (AvgIpc) is 3.28. The van der Waals surface area contributed by atoms with Gasteiger partial charge in [0.1, 0.15) is 11.8 Å². The first-order valence-electron chi connectivity index (χ1n) is 10.2. The Kier molecular flexibility index (Phi) is 7.13. The Balaban J connectivity index is 1.86. The molecule has 0 aliphatic heterocycles. The van der Waals surface area contributed by atoms with E-state index in [1.54, 1.807) is 13.2 Å². The highest BCUT2D eigenvalue weighted by molar-refractivity contribution is 7.12. The van der Waals surface area contributed by atoms with E-state index < -0.39 is 6.04 Å². The molecular weight excluding hydrogens is 408 g/mol. The van der Waals surface area contributed by atoms with E-state index in [1.165, 1.54) is 11.3 Å². The van der Waals surface area contributed by atoms with Gasteiger partial charge in [0, 0.05) is 6.42 Å². The molecule has 0 aliphatic rings. The second-order valence-electron chi connectivity index (χ2n) is 8.35. The van der Waals surface area contributed by atoms with Crippen molar-refractivity contribution in [1.29, 1.82) is 0 Å². The Morgan fingerprint density at radius 3 is 2.39 bits per heavy atom. The highest BCUT2D eigenvalue weighted by atomic mass is 32.1. The van der Waals surface area contributed by atoms with Crippen molar-refractivity contribution in [3.63, 3.8) is 0 Å². The van der Waals surface area contributed by atoms with Gasteiger partial charge in [-0.25, -0.2) is 0 Å². The number of methoxy groups -OCH3 is 1. The molecule has 0 bridgehead atoms. The number of amides is 2. The standard InChI is InChI=1S/C25H28N2O3S/c1-25(2,3)18-12-13-21(30-4)19(16-18)26-23(28)20(15-17-9-6-5-7-10-17)27-24(29)22-11-8-14-31-22/h5-14,16,20H,15H2,1-4H3,(H,26,28)(H,27,29)/t20-/m1/s1. The third kappa shape index (κ3) is 5.95. The van der Waals surface area contributed by atoms with Crippen LogP contribution in [0.5, 0.6) is 5.75 Å². The number of ether oxygens (including phenoxy) is 1. The average molecular weight is 437 g/mol. The Bertz CT molecular complexity index is 1020. The van der Waals surface area contributed by atoms with Crippen LogP contribution in [0.25, 0.3) is 0 Å². The number of anilines is 1. The summed E-state index contributed by atoms with van der Waals surface area (Å²) in [4.78, 5) is 26.5. The lowest BCUT2D eigenvalue weighted by atomic mass is 9.87. The number of hydrogen-bond donors (Lipinski definition) is 2. The molecule has 1 atom stereocenters. The van der Waals surface area contributed by atoms with Crippen LogP contribution in [0.3, 0.4) is 0 Å². The van der Waals surface area contributed by atoms with Gasteiger partial charge in [-0.05, 0) is 40.1 Å². The fourth-order valence-electron chi connectivity index (χ4n) is 3.19. The van der Waals surface area contributed by atoms with E-state index in [9.17, 15) is 9.59 Å². The van der Waals surface area contributed by atoms with Crippen molar-refractivity contribution in [2.45, 2.75) is 38.6 Å². The molecule has 162 valence electrons. The topological polar surface area (TPSA) is 67.4 Å². The molecule has 3 rings (SSSR count). The first kappa shape index (κ1) is 22.6. The second kappa shape index (κ2) is 9.79. The molecule has 2 amide bonds. The van der Waals surface area contributed by atoms with E-state index in [0.29, 0.717) is 22.7 Å². The van der Waals surface area contributed by atoms with Crippen molar-refractivity contribution in [1.82, 2.24) is 5.32 Å². The van der Waals surface area contributed by atoms with Crippen molar-refractivity contribution in [2.24, 2.45) is 0 Å². The van der Waals surface area contributed by atoms with Gasteiger partial charge in [-0.15, -0.1) is 11.3 Å². The van der Waals surface area contributed by atoms with E-state index in [0.717, 1.165) is 11.1 Å². The van der Waals surface area contributed by atoms with Crippen LogP contribution in [0.1, 0.15) is 41.6 Å². The molecule has 1 aromatic heterocycles. The van der Waals surface area contributed by atoms with Gasteiger partial charge in [0.05, 0.1) is 17.7 Å². The summed E-state index contributed by atoms with van der Waals surface area (Å²) in [5, 5.41) is 7.70. The third-order valence-electron chi connectivity index (χ3n) is 4.97. The maximum atomic E-state index is 13.3. The summed E-state index contributed by atoms with van der Waals surface area (Å²) in [6.45, 7) is 6.33. The van der Waals surface area contributed by atoms with Gasteiger partial charge < -0.3 is 15.4 Å². The molecule has 1 heterocycles. The number of nitrogens with one attached hydrogen (secondary N) is 2. The maximum absolute atomic E-state index is 13.3. The molecule has 5 nitrogen and oxygen atoms in total. The smallest absolute Gasteiger partial charge is 0.262 e. The minimum Gasteiger partial charge on any atom is -0.495 e. The zero-order valence-electron chi connectivity index (χ0n) is 18.3. The molecule has 0 aliphatic carbocycles. The molecule has 6 heteroatoms. The Labute approximate surface area is 187 Å². The lowest BCUT2D eigenvalue weighted by Crippen LogP contribution is -2.45. The highest BCUT2D eigenvalue weighted by Crippen LogP contribution is 2.31. The number of thiophene rings is 1. The summed E-state index contributed by atoms with van der Waals surface area (Å²) in [5.74, 6) is 0.0176. The molecule has 0 fully saturated rings. The van der Waals surface area contributed by atoms with Crippen molar-refractivity contribution < 1.29 is 14.3 Å². The molecule has 31 heavy (non-hydrogen) atoms. The van der Waals surface area contributed by atoms with E-state index in [1.807, 2.05) is 60.0 Å². The van der Waals surface area contributed by atoms with Crippen molar-refractivity contribution in [2.75, 3.05) is 12.4 Å². The number of hydrogen-bond acceptors (Lipinski definition) is 4. The first-order chi connectivity index (χ1) is 14.8. The van der Waals surface area contributed by atoms with E-state index in [-0.39, 0.29) is 17.2 Å². The lowest BCUT2D eigenvalue weighted by Gasteiger charge is -2.23. The quantitative estimate of drug-likeness (QED) is 0.546. The summed E-state index contributed by atoms with van der Waals surface area (Å²) in [6, 6.07) is 18.2. The maximum Gasteiger partial charge on any atom is 0.262 e. The van der Waals surface area contributed by atoms with Gasteiger partial charge in [0.2, 0.25) is 5.91 Å². The second-order valence-corrected chi connectivity index (χ2v) is 9.30. The van der Waals surface area contributed by atoms with Crippen molar-refractivity contribution in [3.05, 3.63) is 82.0 Å².